The Balaban J connectivity index is 1.68. The SMILES string of the molecule is C[C@H]1Cn2nc(OCC3COC3)cc2-c2cnc([C@@](C)(O)C(F)(F)F)n21. The molecule has 4 heterocycles. The number of hydrogen-bond acceptors (Lipinski definition) is 5. The van der Waals surface area contributed by atoms with Crippen LogP contribution in [-0.4, -0.2) is 50.4 Å². The molecule has 0 spiro atoms. The first-order valence-corrected chi connectivity index (χ1v) is 8.34. The molecule has 0 amide bonds. The van der Waals surface area contributed by atoms with Crippen molar-refractivity contribution in [1.82, 2.24) is 19.3 Å². The molecule has 2 atom stereocenters. The minimum Gasteiger partial charge on any atom is -0.476 e. The van der Waals surface area contributed by atoms with E-state index in [0.29, 0.717) is 49.6 Å². The fourth-order valence-electron chi connectivity index (χ4n) is 3.21. The lowest BCUT2D eigenvalue weighted by Gasteiger charge is -2.31. The molecule has 1 N–H and O–H groups in total. The van der Waals surface area contributed by atoms with E-state index in [9.17, 15) is 18.3 Å². The number of aliphatic hydroxyl groups is 1. The molecule has 0 saturated carbocycles. The largest absolute Gasteiger partial charge is 0.476 e. The zero-order chi connectivity index (χ0) is 18.7. The molecule has 142 valence electrons. The van der Waals surface area contributed by atoms with Crippen molar-refractivity contribution in [2.45, 2.75) is 38.2 Å². The number of halogens is 3. The predicted molar refractivity (Wildman–Crippen MR) is 83.6 cm³/mol. The second-order valence-corrected chi connectivity index (χ2v) is 7.02. The third kappa shape index (κ3) is 2.59. The summed E-state index contributed by atoms with van der Waals surface area (Å²) in [7, 11) is 0. The molecule has 2 aliphatic heterocycles. The van der Waals surface area contributed by atoms with Gasteiger partial charge in [-0.15, -0.1) is 5.10 Å². The Labute approximate surface area is 147 Å². The van der Waals surface area contributed by atoms with E-state index in [0.717, 1.165) is 6.92 Å². The van der Waals surface area contributed by atoms with Gasteiger partial charge in [-0.05, 0) is 13.8 Å². The molecular formula is C16H19F3N4O3. The van der Waals surface area contributed by atoms with Crippen molar-refractivity contribution in [3.8, 4) is 17.3 Å². The summed E-state index contributed by atoms with van der Waals surface area (Å²) in [6, 6.07) is 1.34. The lowest BCUT2D eigenvalue weighted by atomic mass is 10.0. The molecule has 0 unspecified atom stereocenters. The second-order valence-electron chi connectivity index (χ2n) is 7.02. The van der Waals surface area contributed by atoms with E-state index in [1.807, 2.05) is 0 Å². The summed E-state index contributed by atoms with van der Waals surface area (Å²) in [6.07, 6.45) is -3.49. The standard InChI is InChI=1S/C16H19F3N4O3/c1-9-5-22-11(3-13(21-22)26-8-10-6-25-7-10)12-4-20-14(23(9)12)15(2,24)16(17,18)19/h3-4,9-10,24H,5-8H2,1-2H3/t9-,15+/m0/s1. The van der Waals surface area contributed by atoms with Crippen LogP contribution in [0.25, 0.3) is 11.4 Å². The number of aromatic nitrogens is 4. The first-order chi connectivity index (χ1) is 12.2. The van der Waals surface area contributed by atoms with Crippen molar-refractivity contribution < 1.29 is 27.8 Å². The van der Waals surface area contributed by atoms with Crippen LogP contribution in [-0.2, 0) is 16.9 Å². The summed E-state index contributed by atoms with van der Waals surface area (Å²) in [6.45, 7) is 4.64. The number of nitrogens with zero attached hydrogens (tertiary/aromatic N) is 4. The normalized spacial score (nSPS) is 22.3. The number of alkyl halides is 3. The Hall–Kier alpha value is -2.07. The average Bonchev–Trinajstić information content (AvgIpc) is 3.08. The summed E-state index contributed by atoms with van der Waals surface area (Å²) in [5.41, 5.74) is -1.96. The van der Waals surface area contributed by atoms with E-state index >= 15 is 0 Å². The van der Waals surface area contributed by atoms with Gasteiger partial charge in [0.15, 0.2) is 5.82 Å². The quantitative estimate of drug-likeness (QED) is 0.890. The molecule has 0 aliphatic carbocycles. The molecule has 4 rings (SSSR count). The van der Waals surface area contributed by atoms with Gasteiger partial charge in [-0.2, -0.15) is 13.2 Å². The summed E-state index contributed by atoms with van der Waals surface area (Å²) >= 11 is 0. The number of ether oxygens (including phenoxy) is 2. The number of fused-ring (bicyclic) bond motifs is 3. The van der Waals surface area contributed by atoms with Crippen LogP contribution < -0.4 is 4.74 Å². The lowest BCUT2D eigenvalue weighted by molar-refractivity contribution is -0.262. The fraction of sp³-hybridized carbons (Fsp3) is 0.625. The van der Waals surface area contributed by atoms with Crippen molar-refractivity contribution in [2.75, 3.05) is 19.8 Å². The zero-order valence-corrected chi connectivity index (χ0v) is 14.3. The molecule has 7 nitrogen and oxygen atoms in total. The first-order valence-electron chi connectivity index (χ1n) is 8.34. The molecule has 0 bridgehead atoms. The fourth-order valence-corrected chi connectivity index (χ4v) is 3.21. The third-order valence-electron chi connectivity index (χ3n) is 4.86. The average molecular weight is 372 g/mol. The van der Waals surface area contributed by atoms with E-state index in [2.05, 4.69) is 10.1 Å². The predicted octanol–water partition coefficient (Wildman–Crippen LogP) is 2.12. The van der Waals surface area contributed by atoms with Crippen molar-refractivity contribution in [3.05, 3.63) is 18.1 Å². The highest BCUT2D eigenvalue weighted by molar-refractivity contribution is 5.58. The summed E-state index contributed by atoms with van der Waals surface area (Å²) in [5, 5.41) is 14.4. The Bertz CT molecular complexity index is 823. The van der Waals surface area contributed by atoms with Crippen LogP contribution in [0.15, 0.2) is 12.3 Å². The third-order valence-corrected chi connectivity index (χ3v) is 4.86. The van der Waals surface area contributed by atoms with Crippen molar-refractivity contribution >= 4 is 0 Å². The molecule has 1 saturated heterocycles. The van der Waals surface area contributed by atoms with Gasteiger partial charge in [0.1, 0.15) is 0 Å². The van der Waals surface area contributed by atoms with Crippen LogP contribution in [0.5, 0.6) is 5.88 Å². The van der Waals surface area contributed by atoms with Gasteiger partial charge in [0.25, 0.3) is 0 Å². The van der Waals surface area contributed by atoms with Crippen LogP contribution in [0, 0.1) is 5.92 Å². The molecule has 2 aromatic heterocycles. The van der Waals surface area contributed by atoms with Gasteiger partial charge in [0.2, 0.25) is 11.5 Å². The van der Waals surface area contributed by atoms with Crippen molar-refractivity contribution in [3.63, 3.8) is 0 Å². The van der Waals surface area contributed by atoms with Crippen LogP contribution >= 0.6 is 0 Å². The van der Waals surface area contributed by atoms with E-state index in [-0.39, 0.29) is 6.04 Å². The van der Waals surface area contributed by atoms with Crippen molar-refractivity contribution in [1.29, 1.82) is 0 Å². The number of rotatable bonds is 4. The van der Waals surface area contributed by atoms with E-state index in [4.69, 9.17) is 9.47 Å². The minimum absolute atomic E-state index is 0.340. The maximum Gasteiger partial charge on any atom is 0.424 e. The molecular weight excluding hydrogens is 353 g/mol. The zero-order valence-electron chi connectivity index (χ0n) is 14.3. The first kappa shape index (κ1) is 17.3. The van der Waals surface area contributed by atoms with Crippen molar-refractivity contribution in [2.24, 2.45) is 5.92 Å². The monoisotopic (exact) mass is 372 g/mol. The van der Waals surface area contributed by atoms with Gasteiger partial charge in [0.05, 0.1) is 50.0 Å². The topological polar surface area (TPSA) is 74.3 Å². The van der Waals surface area contributed by atoms with Gasteiger partial charge < -0.3 is 19.1 Å². The Morgan fingerprint density at radius 1 is 1.35 bits per heavy atom. The molecule has 0 aromatic carbocycles. The summed E-state index contributed by atoms with van der Waals surface area (Å²) in [4.78, 5) is 3.89. The summed E-state index contributed by atoms with van der Waals surface area (Å²) in [5.74, 6) is 0.332. The molecule has 10 heteroatoms. The highest BCUT2D eigenvalue weighted by atomic mass is 19.4. The highest BCUT2D eigenvalue weighted by Crippen LogP contribution is 2.42. The minimum atomic E-state index is -4.83. The molecule has 2 aliphatic rings. The Morgan fingerprint density at radius 2 is 2.08 bits per heavy atom. The molecule has 26 heavy (non-hydrogen) atoms. The maximum atomic E-state index is 13.3. The van der Waals surface area contributed by atoms with Crippen LogP contribution in [0.4, 0.5) is 13.2 Å². The summed E-state index contributed by atoms with van der Waals surface area (Å²) < 4.78 is 53.7. The van der Waals surface area contributed by atoms with Crippen LogP contribution in [0.1, 0.15) is 25.7 Å². The van der Waals surface area contributed by atoms with Gasteiger partial charge in [0, 0.05) is 12.0 Å². The number of imidazole rings is 1. The smallest absolute Gasteiger partial charge is 0.424 e. The Kier molecular flexibility index (Phi) is 3.81. The second kappa shape index (κ2) is 5.71. The van der Waals surface area contributed by atoms with E-state index in [1.54, 1.807) is 17.7 Å². The maximum absolute atomic E-state index is 13.3. The van der Waals surface area contributed by atoms with Gasteiger partial charge in [-0.1, -0.05) is 0 Å². The molecule has 0 radical (unpaired) electrons. The Morgan fingerprint density at radius 3 is 2.69 bits per heavy atom. The van der Waals surface area contributed by atoms with Gasteiger partial charge in [-0.3, -0.25) is 4.68 Å². The molecule has 1 fully saturated rings. The lowest BCUT2D eigenvalue weighted by Crippen LogP contribution is -2.42. The van der Waals surface area contributed by atoms with Crippen LogP contribution in [0.3, 0.4) is 0 Å². The van der Waals surface area contributed by atoms with E-state index < -0.39 is 17.6 Å². The molecule has 2 aromatic rings. The van der Waals surface area contributed by atoms with Crippen LogP contribution in [0.2, 0.25) is 0 Å². The van der Waals surface area contributed by atoms with Gasteiger partial charge in [-0.25, -0.2) is 4.98 Å². The number of hydrogen-bond donors (Lipinski definition) is 1. The van der Waals surface area contributed by atoms with E-state index in [1.165, 1.54) is 10.8 Å². The highest BCUT2D eigenvalue weighted by Gasteiger charge is 2.55. The van der Waals surface area contributed by atoms with Gasteiger partial charge >= 0.3 is 6.18 Å².